The van der Waals surface area contributed by atoms with E-state index in [0.717, 1.165) is 35.7 Å². The fourth-order valence-electron chi connectivity index (χ4n) is 4.24. The molecule has 1 aliphatic rings. The first-order chi connectivity index (χ1) is 16.0. The van der Waals surface area contributed by atoms with Crippen LogP contribution in [0.15, 0.2) is 47.0 Å². The number of rotatable bonds is 8. The van der Waals surface area contributed by atoms with E-state index in [2.05, 4.69) is 28.3 Å². The lowest BCUT2D eigenvalue weighted by Gasteiger charge is -2.24. The van der Waals surface area contributed by atoms with Gasteiger partial charge in [0.2, 0.25) is 0 Å². The van der Waals surface area contributed by atoms with Gasteiger partial charge in [-0.25, -0.2) is 0 Å². The molecule has 0 radical (unpaired) electrons. The Morgan fingerprint density at radius 2 is 1.88 bits per heavy atom. The molecular formula is C26H31N3O4. The number of methoxy groups -OCH3 is 1. The minimum absolute atomic E-state index is 0.0678. The fraction of sp³-hybridized carbons (Fsp3) is 0.385. The standard InChI is InChI=1S/C26H31N3O4/c1-18-22(19(2)33-27-18)17-32-24-12-11-20(15-25(24)31-4)26(30)28(3)16-21-9-5-6-10-23(21)29-13-7-8-14-29/h5-6,9-12,15H,7-8,13-14,16-17H2,1-4H3. The molecule has 0 aliphatic carbocycles. The molecule has 1 fully saturated rings. The minimum atomic E-state index is -0.0678. The quantitative estimate of drug-likeness (QED) is 0.494. The molecule has 0 unspecified atom stereocenters. The highest BCUT2D eigenvalue weighted by Crippen LogP contribution is 2.31. The van der Waals surface area contributed by atoms with Gasteiger partial charge in [0, 0.05) is 37.9 Å². The third kappa shape index (κ3) is 4.97. The maximum Gasteiger partial charge on any atom is 0.254 e. The molecule has 33 heavy (non-hydrogen) atoms. The Morgan fingerprint density at radius 3 is 2.58 bits per heavy atom. The SMILES string of the molecule is COc1cc(C(=O)N(C)Cc2ccccc2N2CCCC2)ccc1OCc1c(C)noc1C. The molecule has 7 nitrogen and oxygen atoms in total. The zero-order valence-corrected chi connectivity index (χ0v) is 19.8. The van der Waals surface area contributed by atoms with Gasteiger partial charge in [-0.1, -0.05) is 23.4 Å². The maximum atomic E-state index is 13.2. The van der Waals surface area contributed by atoms with E-state index >= 15 is 0 Å². The molecule has 1 saturated heterocycles. The monoisotopic (exact) mass is 449 g/mol. The predicted octanol–water partition coefficient (Wildman–Crippen LogP) is 4.75. The molecule has 0 spiro atoms. The summed E-state index contributed by atoms with van der Waals surface area (Å²) in [6.45, 7) is 6.74. The molecule has 7 heteroatoms. The van der Waals surface area contributed by atoms with Crippen LogP contribution in [0.1, 0.15) is 45.8 Å². The van der Waals surface area contributed by atoms with E-state index in [1.165, 1.54) is 18.5 Å². The van der Waals surface area contributed by atoms with E-state index in [1.807, 2.05) is 27.0 Å². The summed E-state index contributed by atoms with van der Waals surface area (Å²) in [5.41, 5.74) is 4.64. The van der Waals surface area contributed by atoms with Crippen LogP contribution in [-0.2, 0) is 13.2 Å². The zero-order chi connectivity index (χ0) is 23.4. The zero-order valence-electron chi connectivity index (χ0n) is 19.8. The highest BCUT2D eigenvalue weighted by atomic mass is 16.5. The molecule has 0 atom stereocenters. The third-order valence-corrected chi connectivity index (χ3v) is 6.16. The lowest BCUT2D eigenvalue weighted by molar-refractivity contribution is 0.0785. The first kappa shape index (κ1) is 22.7. The van der Waals surface area contributed by atoms with Crippen molar-refractivity contribution in [2.24, 2.45) is 0 Å². The van der Waals surface area contributed by atoms with Gasteiger partial charge in [0.25, 0.3) is 5.91 Å². The Labute approximate surface area is 194 Å². The maximum absolute atomic E-state index is 13.2. The van der Waals surface area contributed by atoms with E-state index < -0.39 is 0 Å². The van der Waals surface area contributed by atoms with Crippen LogP contribution in [0.2, 0.25) is 0 Å². The average Bonchev–Trinajstić information content (AvgIpc) is 3.47. The number of ether oxygens (including phenoxy) is 2. The van der Waals surface area contributed by atoms with Crippen LogP contribution in [0.3, 0.4) is 0 Å². The van der Waals surface area contributed by atoms with E-state index in [9.17, 15) is 4.79 Å². The number of benzene rings is 2. The third-order valence-electron chi connectivity index (χ3n) is 6.16. The van der Waals surface area contributed by atoms with E-state index in [1.54, 1.807) is 30.2 Å². The first-order valence-electron chi connectivity index (χ1n) is 11.3. The summed E-state index contributed by atoms with van der Waals surface area (Å²) in [7, 11) is 3.40. The number of anilines is 1. The second-order valence-electron chi connectivity index (χ2n) is 8.44. The largest absolute Gasteiger partial charge is 0.493 e. The van der Waals surface area contributed by atoms with Crippen molar-refractivity contribution in [1.29, 1.82) is 0 Å². The molecule has 0 saturated carbocycles. The van der Waals surface area contributed by atoms with Gasteiger partial charge < -0.3 is 23.8 Å². The van der Waals surface area contributed by atoms with Gasteiger partial charge in [-0.15, -0.1) is 0 Å². The van der Waals surface area contributed by atoms with Gasteiger partial charge in [-0.3, -0.25) is 4.79 Å². The second-order valence-corrected chi connectivity index (χ2v) is 8.44. The highest BCUT2D eigenvalue weighted by molar-refractivity contribution is 5.94. The summed E-state index contributed by atoms with van der Waals surface area (Å²) in [6.07, 6.45) is 2.43. The molecule has 3 aromatic rings. The second kappa shape index (κ2) is 9.98. The number of para-hydroxylation sites is 1. The van der Waals surface area contributed by atoms with Crippen LogP contribution in [0.25, 0.3) is 0 Å². The van der Waals surface area contributed by atoms with Crippen molar-refractivity contribution in [2.75, 3.05) is 32.1 Å². The van der Waals surface area contributed by atoms with Crippen molar-refractivity contribution in [3.05, 3.63) is 70.6 Å². The molecule has 1 amide bonds. The first-order valence-corrected chi connectivity index (χ1v) is 11.3. The van der Waals surface area contributed by atoms with Crippen molar-refractivity contribution >= 4 is 11.6 Å². The number of amides is 1. The Bertz CT molecular complexity index is 1100. The summed E-state index contributed by atoms with van der Waals surface area (Å²) in [4.78, 5) is 17.3. The van der Waals surface area contributed by atoms with Gasteiger partial charge >= 0.3 is 0 Å². The summed E-state index contributed by atoms with van der Waals surface area (Å²) >= 11 is 0. The number of aryl methyl sites for hydroxylation is 2. The molecule has 174 valence electrons. The average molecular weight is 450 g/mol. The van der Waals surface area contributed by atoms with Crippen molar-refractivity contribution in [3.8, 4) is 11.5 Å². The number of carbonyl (C=O) groups is 1. The number of hydrogen-bond acceptors (Lipinski definition) is 6. The van der Waals surface area contributed by atoms with Crippen molar-refractivity contribution < 1.29 is 18.8 Å². The van der Waals surface area contributed by atoms with Crippen LogP contribution in [0.4, 0.5) is 5.69 Å². The minimum Gasteiger partial charge on any atom is -0.493 e. The van der Waals surface area contributed by atoms with Crippen LogP contribution in [0, 0.1) is 13.8 Å². The Kier molecular flexibility index (Phi) is 6.87. The molecule has 2 heterocycles. The number of aromatic nitrogens is 1. The molecule has 2 aromatic carbocycles. The molecule has 0 N–H and O–H groups in total. The van der Waals surface area contributed by atoms with E-state index in [-0.39, 0.29) is 5.91 Å². The van der Waals surface area contributed by atoms with Crippen molar-refractivity contribution in [3.63, 3.8) is 0 Å². The predicted molar refractivity (Wildman–Crippen MR) is 127 cm³/mol. The Balaban J connectivity index is 1.47. The van der Waals surface area contributed by atoms with Crippen molar-refractivity contribution in [2.45, 2.75) is 39.8 Å². The van der Waals surface area contributed by atoms with Crippen LogP contribution < -0.4 is 14.4 Å². The summed E-state index contributed by atoms with van der Waals surface area (Å²) in [5.74, 6) is 1.74. The molecule has 4 rings (SSSR count). The van der Waals surface area contributed by atoms with Gasteiger partial charge in [0.15, 0.2) is 11.5 Å². The van der Waals surface area contributed by atoms with Crippen LogP contribution in [0.5, 0.6) is 11.5 Å². The topological polar surface area (TPSA) is 68.0 Å². The van der Waals surface area contributed by atoms with Crippen LogP contribution in [-0.4, -0.2) is 43.2 Å². The summed E-state index contributed by atoms with van der Waals surface area (Å²) < 4.78 is 16.6. The molecule has 1 aliphatic heterocycles. The van der Waals surface area contributed by atoms with Crippen molar-refractivity contribution in [1.82, 2.24) is 10.1 Å². The normalized spacial score (nSPS) is 13.3. The van der Waals surface area contributed by atoms with Crippen LogP contribution >= 0.6 is 0 Å². The van der Waals surface area contributed by atoms with E-state index in [0.29, 0.717) is 30.2 Å². The lowest BCUT2D eigenvalue weighted by Crippen LogP contribution is -2.28. The Morgan fingerprint density at radius 1 is 1.12 bits per heavy atom. The fourth-order valence-corrected chi connectivity index (χ4v) is 4.24. The number of carbonyl (C=O) groups excluding carboxylic acids is 1. The van der Waals surface area contributed by atoms with Gasteiger partial charge in [-0.05, 0) is 56.5 Å². The van der Waals surface area contributed by atoms with Gasteiger partial charge in [0.05, 0.1) is 18.4 Å². The summed E-state index contributed by atoms with van der Waals surface area (Å²) in [5, 5.41) is 3.95. The summed E-state index contributed by atoms with van der Waals surface area (Å²) in [6, 6.07) is 13.6. The smallest absolute Gasteiger partial charge is 0.254 e. The Hall–Kier alpha value is -3.48. The molecule has 1 aromatic heterocycles. The lowest BCUT2D eigenvalue weighted by atomic mass is 10.1. The molecule has 0 bridgehead atoms. The van der Waals surface area contributed by atoms with Gasteiger partial charge in [-0.2, -0.15) is 0 Å². The molecular weight excluding hydrogens is 418 g/mol. The number of hydrogen-bond donors (Lipinski definition) is 0. The van der Waals surface area contributed by atoms with E-state index in [4.69, 9.17) is 14.0 Å². The highest BCUT2D eigenvalue weighted by Gasteiger charge is 2.20. The van der Waals surface area contributed by atoms with Gasteiger partial charge in [0.1, 0.15) is 12.4 Å². The number of nitrogens with zero attached hydrogens (tertiary/aromatic N) is 3.